The first kappa shape index (κ1) is 15.6. The van der Waals surface area contributed by atoms with Crippen LogP contribution in [0.2, 0.25) is 0 Å². The lowest BCUT2D eigenvalue weighted by Crippen LogP contribution is -2.39. The number of likely N-dealkylation sites (tertiary alicyclic amines) is 1. The van der Waals surface area contributed by atoms with Crippen LogP contribution in [0.25, 0.3) is 11.3 Å². The number of hydrogen-bond donors (Lipinski definition) is 0. The first-order valence-corrected chi connectivity index (χ1v) is 8.36. The van der Waals surface area contributed by atoms with E-state index in [0.717, 1.165) is 30.6 Å². The molecule has 0 aliphatic carbocycles. The fraction of sp³-hybridized carbons (Fsp3) is 0.333. The molecule has 25 heavy (non-hydrogen) atoms. The van der Waals surface area contributed by atoms with Crippen LogP contribution in [0.1, 0.15) is 34.9 Å². The van der Waals surface area contributed by atoms with Crippen LogP contribution in [0.3, 0.4) is 0 Å². The van der Waals surface area contributed by atoms with Gasteiger partial charge in [0, 0.05) is 62.0 Å². The van der Waals surface area contributed by atoms with Gasteiger partial charge >= 0.3 is 0 Å². The molecule has 0 N–H and O–H groups in total. The topological polar surface area (TPSA) is 77.0 Å². The highest BCUT2D eigenvalue weighted by molar-refractivity contribution is 5.93. The van der Waals surface area contributed by atoms with E-state index in [1.54, 1.807) is 24.7 Å². The highest BCUT2D eigenvalue weighted by atomic mass is 16.5. The van der Waals surface area contributed by atoms with Gasteiger partial charge in [-0.25, -0.2) is 0 Å². The van der Waals surface area contributed by atoms with Gasteiger partial charge in [-0.1, -0.05) is 5.16 Å². The monoisotopic (exact) mass is 337 g/mol. The minimum atomic E-state index is -0.0919. The van der Waals surface area contributed by atoms with E-state index in [-0.39, 0.29) is 5.91 Å². The summed E-state index contributed by atoms with van der Waals surface area (Å²) in [6, 6.07) is 7.41. The summed E-state index contributed by atoms with van der Waals surface area (Å²) in [5, 5.41) is 8.20. The summed E-state index contributed by atoms with van der Waals surface area (Å²) in [4.78, 5) is 18.7. The molecule has 0 radical (unpaired) electrons. The van der Waals surface area contributed by atoms with Crippen LogP contribution in [0.5, 0.6) is 0 Å². The van der Waals surface area contributed by atoms with Crippen LogP contribution >= 0.6 is 0 Å². The molecular formula is C18H19N5O2. The van der Waals surface area contributed by atoms with Crippen molar-refractivity contribution in [3.63, 3.8) is 0 Å². The predicted octanol–water partition coefficient (Wildman–Crippen LogP) is 2.49. The van der Waals surface area contributed by atoms with Crippen LogP contribution in [0, 0.1) is 0 Å². The van der Waals surface area contributed by atoms with E-state index in [2.05, 4.69) is 15.2 Å². The Morgan fingerprint density at radius 3 is 3.00 bits per heavy atom. The van der Waals surface area contributed by atoms with E-state index in [1.165, 1.54) is 0 Å². The lowest BCUT2D eigenvalue weighted by atomic mass is 9.94. The molecule has 0 bridgehead atoms. The van der Waals surface area contributed by atoms with E-state index < -0.39 is 0 Å². The van der Waals surface area contributed by atoms with Crippen LogP contribution in [-0.4, -0.2) is 43.8 Å². The van der Waals surface area contributed by atoms with Crippen molar-refractivity contribution < 1.29 is 9.32 Å². The largest absolute Gasteiger partial charge is 0.355 e. The molecule has 4 heterocycles. The zero-order chi connectivity index (χ0) is 17.2. The van der Waals surface area contributed by atoms with Crippen molar-refractivity contribution in [2.75, 3.05) is 13.1 Å². The van der Waals surface area contributed by atoms with Crippen molar-refractivity contribution in [1.29, 1.82) is 0 Å². The minimum Gasteiger partial charge on any atom is -0.355 e. The van der Waals surface area contributed by atoms with Gasteiger partial charge in [0.25, 0.3) is 5.91 Å². The molecule has 1 fully saturated rings. The van der Waals surface area contributed by atoms with E-state index in [9.17, 15) is 4.79 Å². The molecular weight excluding hydrogens is 318 g/mol. The molecule has 1 aliphatic heterocycles. The Hall–Kier alpha value is -2.96. The number of aryl methyl sites for hydroxylation is 1. The molecule has 1 aliphatic rings. The predicted molar refractivity (Wildman–Crippen MR) is 90.8 cm³/mol. The number of rotatable bonds is 3. The molecule has 3 aromatic rings. The molecule has 0 saturated carbocycles. The summed E-state index contributed by atoms with van der Waals surface area (Å²) in [7, 11) is 1.94. The third kappa shape index (κ3) is 3.05. The number of nitrogens with zero attached hydrogens (tertiary/aromatic N) is 5. The second kappa shape index (κ2) is 6.51. The molecule has 7 heteroatoms. The summed E-state index contributed by atoms with van der Waals surface area (Å²) in [5.74, 6) is 0.761. The zero-order valence-corrected chi connectivity index (χ0v) is 14.0. The van der Waals surface area contributed by atoms with Gasteiger partial charge in [-0.3, -0.25) is 14.5 Å². The van der Waals surface area contributed by atoms with Gasteiger partial charge in [-0.05, 0) is 31.0 Å². The Morgan fingerprint density at radius 1 is 1.32 bits per heavy atom. The second-order valence-corrected chi connectivity index (χ2v) is 6.29. The van der Waals surface area contributed by atoms with Crippen LogP contribution in [-0.2, 0) is 7.05 Å². The zero-order valence-electron chi connectivity index (χ0n) is 14.0. The maximum Gasteiger partial charge on any atom is 0.276 e. The van der Waals surface area contributed by atoms with E-state index >= 15 is 0 Å². The van der Waals surface area contributed by atoms with Crippen molar-refractivity contribution in [3.8, 4) is 11.3 Å². The van der Waals surface area contributed by atoms with Gasteiger partial charge in [0.05, 0.1) is 0 Å². The SMILES string of the molecule is Cn1nccc1C1CCCN(C(=O)c2cc(-c3cccnc3)on2)C1. The molecule has 1 unspecified atom stereocenters. The maximum absolute atomic E-state index is 12.8. The van der Waals surface area contributed by atoms with Gasteiger partial charge in [0.2, 0.25) is 0 Å². The van der Waals surface area contributed by atoms with E-state index in [0.29, 0.717) is 23.9 Å². The van der Waals surface area contributed by atoms with Gasteiger partial charge in [-0.15, -0.1) is 0 Å². The summed E-state index contributed by atoms with van der Waals surface area (Å²) in [6.45, 7) is 1.41. The van der Waals surface area contributed by atoms with Gasteiger partial charge < -0.3 is 9.42 Å². The molecule has 4 rings (SSSR count). The minimum absolute atomic E-state index is 0.0919. The normalized spacial score (nSPS) is 17.6. The summed E-state index contributed by atoms with van der Waals surface area (Å²) in [5.41, 5.74) is 2.30. The highest BCUT2D eigenvalue weighted by Crippen LogP contribution is 2.28. The van der Waals surface area contributed by atoms with Crippen molar-refractivity contribution in [1.82, 2.24) is 24.8 Å². The van der Waals surface area contributed by atoms with E-state index in [4.69, 9.17) is 4.52 Å². The number of piperidine rings is 1. The number of carbonyl (C=O) groups is 1. The maximum atomic E-state index is 12.8. The first-order valence-electron chi connectivity index (χ1n) is 8.36. The average Bonchev–Trinajstić information content (AvgIpc) is 3.31. The molecule has 128 valence electrons. The summed E-state index contributed by atoms with van der Waals surface area (Å²) < 4.78 is 7.21. The molecule has 7 nitrogen and oxygen atoms in total. The fourth-order valence-electron chi connectivity index (χ4n) is 3.37. The van der Waals surface area contributed by atoms with Crippen molar-refractivity contribution >= 4 is 5.91 Å². The standard InChI is InChI=1S/C18H19N5O2/c1-22-16(6-8-20-22)14-5-3-9-23(12-14)18(24)15-10-17(25-21-15)13-4-2-7-19-11-13/h2,4,6-8,10-11,14H,3,5,9,12H2,1H3. The van der Waals surface area contributed by atoms with Crippen molar-refractivity contribution in [3.05, 3.63) is 54.2 Å². The van der Waals surface area contributed by atoms with Crippen LogP contribution in [0.15, 0.2) is 47.4 Å². The number of amides is 1. The lowest BCUT2D eigenvalue weighted by Gasteiger charge is -2.32. The third-order valence-corrected chi connectivity index (χ3v) is 4.66. The second-order valence-electron chi connectivity index (χ2n) is 6.29. The Morgan fingerprint density at radius 2 is 2.24 bits per heavy atom. The van der Waals surface area contributed by atoms with Gasteiger partial charge in [-0.2, -0.15) is 5.10 Å². The van der Waals surface area contributed by atoms with Crippen LogP contribution < -0.4 is 0 Å². The average molecular weight is 337 g/mol. The Bertz CT molecular complexity index is 870. The molecule has 1 atom stereocenters. The summed E-state index contributed by atoms with van der Waals surface area (Å²) in [6.07, 6.45) is 7.21. The Kier molecular flexibility index (Phi) is 4.05. The Labute approximate surface area is 145 Å². The number of hydrogen-bond acceptors (Lipinski definition) is 5. The molecule has 3 aromatic heterocycles. The molecule has 1 saturated heterocycles. The quantitative estimate of drug-likeness (QED) is 0.734. The first-order chi connectivity index (χ1) is 12.2. The Balaban J connectivity index is 1.51. The molecule has 0 spiro atoms. The number of pyridine rings is 1. The number of aromatic nitrogens is 4. The highest BCUT2D eigenvalue weighted by Gasteiger charge is 2.28. The van der Waals surface area contributed by atoms with Crippen molar-refractivity contribution in [2.24, 2.45) is 7.05 Å². The van der Waals surface area contributed by atoms with Crippen molar-refractivity contribution in [2.45, 2.75) is 18.8 Å². The van der Waals surface area contributed by atoms with Gasteiger partial charge in [0.15, 0.2) is 11.5 Å². The molecule has 1 amide bonds. The summed E-state index contributed by atoms with van der Waals surface area (Å²) >= 11 is 0. The van der Waals surface area contributed by atoms with Crippen LogP contribution in [0.4, 0.5) is 0 Å². The molecule has 0 aromatic carbocycles. The lowest BCUT2D eigenvalue weighted by molar-refractivity contribution is 0.0694. The third-order valence-electron chi connectivity index (χ3n) is 4.66. The fourth-order valence-corrected chi connectivity index (χ4v) is 3.37. The van der Waals surface area contributed by atoms with E-state index in [1.807, 2.05) is 34.8 Å². The number of carbonyl (C=O) groups excluding carboxylic acids is 1. The smallest absolute Gasteiger partial charge is 0.276 e. The van der Waals surface area contributed by atoms with Gasteiger partial charge in [0.1, 0.15) is 0 Å².